The van der Waals surface area contributed by atoms with Crippen molar-refractivity contribution in [3.63, 3.8) is 0 Å². The van der Waals surface area contributed by atoms with Gasteiger partial charge in [0, 0.05) is 11.7 Å². The Bertz CT molecular complexity index is 416. The molecule has 3 nitrogen and oxygen atoms in total. The fourth-order valence-electron chi connectivity index (χ4n) is 1.79. The van der Waals surface area contributed by atoms with Crippen LogP contribution in [0, 0.1) is 5.82 Å². The Labute approximate surface area is 100.0 Å². The van der Waals surface area contributed by atoms with Crippen molar-refractivity contribution < 1.29 is 13.9 Å². The van der Waals surface area contributed by atoms with Gasteiger partial charge in [-0.3, -0.25) is 0 Å². The Morgan fingerprint density at radius 2 is 2.29 bits per heavy atom. The van der Waals surface area contributed by atoms with Crippen LogP contribution in [0.2, 0.25) is 0 Å². The highest BCUT2D eigenvalue weighted by molar-refractivity contribution is 5.95. The van der Waals surface area contributed by atoms with Crippen molar-refractivity contribution in [3.05, 3.63) is 29.6 Å². The number of nitrogens with one attached hydrogen (secondary N) is 1. The molecule has 1 aliphatic rings. The second-order valence-corrected chi connectivity index (χ2v) is 4.18. The third-order valence-corrected chi connectivity index (χ3v) is 2.94. The number of ether oxygens (including phenoxy) is 1. The first-order chi connectivity index (χ1) is 8.20. The van der Waals surface area contributed by atoms with Crippen molar-refractivity contribution in [2.75, 3.05) is 11.9 Å². The van der Waals surface area contributed by atoms with Gasteiger partial charge >= 0.3 is 5.97 Å². The molecule has 1 aliphatic carbocycles. The molecule has 92 valence electrons. The van der Waals surface area contributed by atoms with Gasteiger partial charge in [0.15, 0.2) is 0 Å². The number of rotatable bonds is 4. The van der Waals surface area contributed by atoms with Gasteiger partial charge in [-0.2, -0.15) is 0 Å². The lowest BCUT2D eigenvalue weighted by molar-refractivity contribution is 0.0527. The van der Waals surface area contributed by atoms with Crippen molar-refractivity contribution in [2.24, 2.45) is 0 Å². The lowest BCUT2D eigenvalue weighted by Gasteiger charge is -2.28. The van der Waals surface area contributed by atoms with Crippen LogP contribution < -0.4 is 5.32 Å². The summed E-state index contributed by atoms with van der Waals surface area (Å²) in [6.45, 7) is 2.02. The molecule has 1 saturated carbocycles. The van der Waals surface area contributed by atoms with Gasteiger partial charge in [-0.1, -0.05) is 0 Å². The molecule has 0 aromatic heterocycles. The summed E-state index contributed by atoms with van der Waals surface area (Å²) in [6.07, 6.45) is 3.40. The predicted octanol–water partition coefficient (Wildman–Crippen LogP) is 2.97. The van der Waals surface area contributed by atoms with Crippen molar-refractivity contribution in [1.29, 1.82) is 0 Å². The van der Waals surface area contributed by atoms with E-state index in [0.29, 0.717) is 11.7 Å². The van der Waals surface area contributed by atoms with Crippen molar-refractivity contribution >= 4 is 11.7 Å². The number of hydrogen-bond acceptors (Lipinski definition) is 3. The van der Waals surface area contributed by atoms with Crippen molar-refractivity contribution in [3.8, 4) is 0 Å². The first-order valence-electron chi connectivity index (χ1n) is 5.94. The third kappa shape index (κ3) is 2.75. The molecule has 1 aromatic rings. The second-order valence-electron chi connectivity index (χ2n) is 4.18. The molecular weight excluding hydrogens is 221 g/mol. The van der Waals surface area contributed by atoms with Crippen LogP contribution in [0.3, 0.4) is 0 Å². The van der Waals surface area contributed by atoms with Crippen LogP contribution >= 0.6 is 0 Å². The van der Waals surface area contributed by atoms with Gasteiger partial charge in [-0.25, -0.2) is 9.18 Å². The van der Waals surface area contributed by atoms with E-state index in [2.05, 4.69) is 5.32 Å². The Kier molecular flexibility index (Phi) is 3.61. The van der Waals surface area contributed by atoms with Gasteiger partial charge < -0.3 is 10.1 Å². The molecule has 0 heterocycles. The van der Waals surface area contributed by atoms with Gasteiger partial charge in [0.25, 0.3) is 0 Å². The Balaban J connectivity index is 2.19. The second kappa shape index (κ2) is 5.17. The minimum atomic E-state index is -0.478. The summed E-state index contributed by atoms with van der Waals surface area (Å²) in [4.78, 5) is 11.7. The van der Waals surface area contributed by atoms with Gasteiger partial charge in [-0.15, -0.1) is 0 Å². The normalized spacial score (nSPS) is 15.2. The first-order valence-corrected chi connectivity index (χ1v) is 5.94. The van der Waals surface area contributed by atoms with Crippen LogP contribution in [-0.4, -0.2) is 18.6 Å². The number of benzene rings is 1. The van der Waals surface area contributed by atoms with Gasteiger partial charge in [0.05, 0.1) is 12.2 Å². The summed E-state index contributed by atoms with van der Waals surface area (Å²) in [5.74, 6) is -0.902. The lowest BCUT2D eigenvalue weighted by Crippen LogP contribution is -2.28. The average molecular weight is 237 g/mol. The van der Waals surface area contributed by atoms with E-state index in [0.717, 1.165) is 12.8 Å². The number of carbonyl (C=O) groups is 1. The summed E-state index contributed by atoms with van der Waals surface area (Å²) in [5.41, 5.74) is 0.938. The molecule has 0 saturated heterocycles. The Morgan fingerprint density at radius 1 is 1.53 bits per heavy atom. The molecule has 0 atom stereocenters. The summed E-state index contributed by atoms with van der Waals surface area (Å²) in [6, 6.07) is 4.57. The van der Waals surface area contributed by atoms with Crippen molar-refractivity contribution in [2.45, 2.75) is 32.2 Å². The summed E-state index contributed by atoms with van der Waals surface area (Å²) < 4.78 is 18.1. The zero-order chi connectivity index (χ0) is 12.3. The highest BCUT2D eigenvalue weighted by atomic mass is 19.1. The smallest absolute Gasteiger partial charge is 0.340 e. The molecule has 1 N–H and O–H groups in total. The van der Waals surface area contributed by atoms with Crippen LogP contribution in [-0.2, 0) is 4.74 Å². The van der Waals surface area contributed by atoms with E-state index in [-0.39, 0.29) is 12.2 Å². The maximum atomic E-state index is 13.1. The third-order valence-electron chi connectivity index (χ3n) is 2.94. The molecule has 0 unspecified atom stereocenters. The lowest BCUT2D eigenvalue weighted by atomic mass is 9.92. The van der Waals surface area contributed by atoms with Crippen LogP contribution in [0.5, 0.6) is 0 Å². The van der Waals surface area contributed by atoms with E-state index < -0.39 is 11.8 Å². The van der Waals surface area contributed by atoms with E-state index in [1.54, 1.807) is 13.0 Å². The highest BCUT2D eigenvalue weighted by Gasteiger charge is 2.20. The largest absolute Gasteiger partial charge is 0.462 e. The number of hydrogen-bond donors (Lipinski definition) is 1. The zero-order valence-electron chi connectivity index (χ0n) is 9.83. The minimum Gasteiger partial charge on any atom is -0.462 e. The molecule has 0 amide bonds. The first kappa shape index (κ1) is 11.9. The molecule has 0 radical (unpaired) electrons. The monoisotopic (exact) mass is 237 g/mol. The topological polar surface area (TPSA) is 38.3 Å². The minimum absolute atomic E-state index is 0.277. The number of halogens is 1. The van der Waals surface area contributed by atoms with Crippen LogP contribution in [0.25, 0.3) is 0 Å². The number of carbonyl (C=O) groups excluding carboxylic acids is 1. The van der Waals surface area contributed by atoms with Crippen LogP contribution in [0.1, 0.15) is 36.5 Å². The quantitative estimate of drug-likeness (QED) is 0.818. The molecular formula is C13H16FNO2. The molecule has 17 heavy (non-hydrogen) atoms. The maximum Gasteiger partial charge on any atom is 0.340 e. The SMILES string of the molecule is CCOC(=O)c1cc(F)ccc1NC1CCC1. The Morgan fingerprint density at radius 3 is 2.88 bits per heavy atom. The summed E-state index contributed by atoms with van der Waals surface area (Å²) in [7, 11) is 0. The van der Waals surface area contributed by atoms with Gasteiger partial charge in [-0.05, 0) is 44.4 Å². The van der Waals surface area contributed by atoms with Crippen LogP contribution in [0.15, 0.2) is 18.2 Å². The number of anilines is 1. The Hall–Kier alpha value is -1.58. The predicted molar refractivity (Wildman–Crippen MR) is 63.6 cm³/mol. The maximum absolute atomic E-state index is 13.1. The molecule has 0 aliphatic heterocycles. The van der Waals surface area contributed by atoms with E-state index in [1.807, 2.05) is 0 Å². The summed E-state index contributed by atoms with van der Waals surface area (Å²) in [5, 5.41) is 3.25. The molecule has 2 rings (SSSR count). The molecule has 0 spiro atoms. The summed E-state index contributed by atoms with van der Waals surface area (Å²) >= 11 is 0. The van der Waals surface area contributed by atoms with E-state index in [9.17, 15) is 9.18 Å². The van der Waals surface area contributed by atoms with E-state index >= 15 is 0 Å². The van der Waals surface area contributed by atoms with Gasteiger partial charge in [0.1, 0.15) is 5.82 Å². The molecule has 4 heteroatoms. The fourth-order valence-corrected chi connectivity index (χ4v) is 1.79. The van der Waals surface area contributed by atoms with E-state index in [4.69, 9.17) is 4.74 Å². The molecule has 0 bridgehead atoms. The van der Waals surface area contributed by atoms with Gasteiger partial charge in [0.2, 0.25) is 0 Å². The fraction of sp³-hybridized carbons (Fsp3) is 0.462. The molecule has 1 fully saturated rings. The van der Waals surface area contributed by atoms with Crippen molar-refractivity contribution in [1.82, 2.24) is 0 Å². The van der Waals surface area contributed by atoms with E-state index in [1.165, 1.54) is 18.6 Å². The average Bonchev–Trinajstić information content (AvgIpc) is 2.25. The van der Waals surface area contributed by atoms with Crippen LogP contribution in [0.4, 0.5) is 10.1 Å². The standard InChI is InChI=1S/C13H16FNO2/c1-2-17-13(16)11-8-9(14)6-7-12(11)15-10-4-3-5-10/h6-8,10,15H,2-5H2,1H3. The zero-order valence-corrected chi connectivity index (χ0v) is 9.83. The number of esters is 1. The highest BCUT2D eigenvalue weighted by Crippen LogP contribution is 2.26. The molecule has 1 aromatic carbocycles.